The van der Waals surface area contributed by atoms with Crippen LogP contribution < -0.4 is 10.5 Å². The first-order chi connectivity index (χ1) is 3.11. The van der Waals surface area contributed by atoms with E-state index in [1.165, 1.54) is 6.20 Å². The molecule has 0 aromatic carbocycles. The summed E-state index contributed by atoms with van der Waals surface area (Å²) in [6.45, 7) is 0. The minimum Gasteiger partial charge on any atom is -0.347 e. The minimum absolute atomic E-state index is 0.118. The summed E-state index contributed by atoms with van der Waals surface area (Å²) < 4.78 is 20.1. The molecule has 0 aromatic rings. The molecule has 3 N–H and O–H groups in total. The number of hydrogen-bond acceptors (Lipinski definition) is 3. The van der Waals surface area contributed by atoms with Crippen LogP contribution in [0.1, 0.15) is 0 Å². The van der Waals surface area contributed by atoms with Crippen LogP contribution >= 0.6 is 0 Å². The van der Waals surface area contributed by atoms with Gasteiger partial charge in [0.15, 0.2) is 5.03 Å². The lowest BCUT2D eigenvalue weighted by atomic mass is 11.3. The van der Waals surface area contributed by atoms with Crippen molar-refractivity contribution in [2.45, 2.75) is 0 Å². The highest BCUT2D eigenvalue weighted by Gasteiger charge is 2.18. The van der Waals surface area contributed by atoms with Gasteiger partial charge in [0.2, 0.25) is 0 Å². The number of nitrogens with two attached hydrogens (primary N) is 1. The molecule has 40 valence electrons. The monoisotopic (exact) mass is 120 g/mol. The van der Waals surface area contributed by atoms with E-state index in [0.717, 1.165) is 0 Å². The van der Waals surface area contributed by atoms with Crippen LogP contribution in [-0.4, -0.2) is 8.42 Å². The van der Waals surface area contributed by atoms with E-state index in [1.54, 1.807) is 0 Å². The maximum atomic E-state index is 10.0. The van der Waals surface area contributed by atoms with Crippen LogP contribution in [0, 0.1) is 0 Å². The summed E-state index contributed by atoms with van der Waals surface area (Å²) in [7, 11) is -3.38. The average Bonchev–Trinajstić information content (AvgIpc) is 1.99. The van der Waals surface area contributed by atoms with Gasteiger partial charge >= 0.3 is 0 Å². The fourth-order valence-electron chi connectivity index (χ4n) is 0.194. The molecule has 0 saturated heterocycles. The summed E-state index contributed by atoms with van der Waals surface area (Å²) in [6, 6.07) is 0. The molecule has 1 aliphatic rings. The van der Waals surface area contributed by atoms with Crippen molar-refractivity contribution in [1.82, 2.24) is 5.32 Å². The van der Waals surface area contributed by atoms with Crippen LogP contribution in [0.2, 0.25) is 0 Å². The SMILES string of the molecule is NS(=O)(=O)C1=CN1. The topological polar surface area (TPSA) is 82.1 Å². The van der Waals surface area contributed by atoms with E-state index < -0.39 is 10.0 Å². The smallest absolute Gasteiger partial charge is 0.254 e. The predicted octanol–water partition coefficient (Wildman–Crippen LogP) is -1.32. The Bertz CT molecular complexity index is 202. The molecule has 0 amide bonds. The Morgan fingerprint density at radius 2 is 2.14 bits per heavy atom. The number of sulfonamides is 1. The molecule has 0 saturated carbocycles. The van der Waals surface area contributed by atoms with E-state index in [0.29, 0.717) is 0 Å². The van der Waals surface area contributed by atoms with Crippen molar-refractivity contribution < 1.29 is 8.42 Å². The highest BCUT2D eigenvalue weighted by molar-refractivity contribution is 7.93. The summed E-state index contributed by atoms with van der Waals surface area (Å²) in [4.78, 5) is 0. The third-order valence-corrected chi connectivity index (χ3v) is 1.42. The molecule has 0 aliphatic carbocycles. The van der Waals surface area contributed by atoms with Crippen molar-refractivity contribution >= 4 is 10.0 Å². The predicted molar refractivity (Wildman–Crippen MR) is 24.3 cm³/mol. The number of primary sulfonamides is 1. The minimum atomic E-state index is -3.38. The number of nitrogens with one attached hydrogen (secondary N) is 1. The zero-order valence-corrected chi connectivity index (χ0v) is 4.20. The van der Waals surface area contributed by atoms with Gasteiger partial charge in [0.25, 0.3) is 10.0 Å². The molecule has 0 radical (unpaired) electrons. The van der Waals surface area contributed by atoms with Crippen molar-refractivity contribution in [3.8, 4) is 0 Å². The third-order valence-electron chi connectivity index (χ3n) is 0.569. The molecule has 0 unspecified atom stereocenters. The van der Waals surface area contributed by atoms with Gasteiger partial charge in [0, 0.05) is 6.20 Å². The summed E-state index contributed by atoms with van der Waals surface area (Å²) >= 11 is 0. The second kappa shape index (κ2) is 0.988. The summed E-state index contributed by atoms with van der Waals surface area (Å²) in [5.74, 6) is 0. The number of rotatable bonds is 1. The third kappa shape index (κ3) is 0.908. The van der Waals surface area contributed by atoms with E-state index in [1.807, 2.05) is 0 Å². The fraction of sp³-hybridized carbons (Fsp3) is 0. The van der Waals surface area contributed by atoms with Crippen molar-refractivity contribution in [2.24, 2.45) is 5.14 Å². The van der Waals surface area contributed by atoms with E-state index in [9.17, 15) is 8.42 Å². The molecule has 7 heavy (non-hydrogen) atoms. The fourth-order valence-corrected chi connectivity index (χ4v) is 0.581. The van der Waals surface area contributed by atoms with Crippen LogP contribution in [0.5, 0.6) is 0 Å². The standard InChI is InChI=1S/C2H4N2O2S/c3-7(5,6)2-1-4-2/h1,4H,(H2,3,5,6). The van der Waals surface area contributed by atoms with E-state index in [4.69, 9.17) is 0 Å². The van der Waals surface area contributed by atoms with E-state index >= 15 is 0 Å². The number of hydrogen-bond donors (Lipinski definition) is 2. The Morgan fingerprint density at radius 3 is 2.14 bits per heavy atom. The summed E-state index contributed by atoms with van der Waals surface area (Å²) in [5.41, 5.74) is 0. The van der Waals surface area contributed by atoms with Crippen LogP contribution in [0.3, 0.4) is 0 Å². The second-order valence-electron chi connectivity index (χ2n) is 1.20. The molecule has 1 heterocycles. The van der Waals surface area contributed by atoms with Crippen LogP contribution in [0.25, 0.3) is 0 Å². The van der Waals surface area contributed by atoms with Crippen LogP contribution in [-0.2, 0) is 10.0 Å². The molecular formula is C2H4N2O2S. The lowest BCUT2D eigenvalue weighted by Crippen LogP contribution is -2.11. The van der Waals surface area contributed by atoms with Gasteiger partial charge in [-0.1, -0.05) is 0 Å². The Kier molecular flexibility index (Phi) is 0.650. The zero-order chi connectivity index (χ0) is 5.49. The van der Waals surface area contributed by atoms with Gasteiger partial charge < -0.3 is 5.32 Å². The Morgan fingerprint density at radius 1 is 1.71 bits per heavy atom. The molecular weight excluding hydrogens is 116 g/mol. The normalized spacial score (nSPS) is 17.6. The first kappa shape index (κ1) is 4.61. The highest BCUT2D eigenvalue weighted by Crippen LogP contribution is 2.04. The van der Waals surface area contributed by atoms with E-state index in [-0.39, 0.29) is 5.03 Å². The second-order valence-corrected chi connectivity index (χ2v) is 2.73. The molecule has 1 rings (SSSR count). The maximum absolute atomic E-state index is 10.0. The summed E-state index contributed by atoms with van der Waals surface area (Å²) in [5, 5.41) is 7.05. The first-order valence-electron chi connectivity index (χ1n) is 1.60. The molecule has 0 bridgehead atoms. The molecule has 5 heteroatoms. The lowest BCUT2D eigenvalue weighted by Gasteiger charge is -1.80. The highest BCUT2D eigenvalue weighted by atomic mass is 32.2. The molecule has 0 spiro atoms. The van der Waals surface area contributed by atoms with Gasteiger partial charge in [-0.3, -0.25) is 0 Å². The van der Waals surface area contributed by atoms with Gasteiger partial charge in [-0.05, 0) is 0 Å². The van der Waals surface area contributed by atoms with Gasteiger partial charge in [-0.15, -0.1) is 0 Å². The summed E-state index contributed by atoms with van der Waals surface area (Å²) in [6.07, 6.45) is 1.33. The lowest BCUT2D eigenvalue weighted by molar-refractivity contribution is 0.604. The molecule has 0 atom stereocenters. The van der Waals surface area contributed by atoms with Crippen molar-refractivity contribution in [1.29, 1.82) is 0 Å². The molecule has 1 aliphatic heterocycles. The molecule has 0 fully saturated rings. The van der Waals surface area contributed by atoms with Crippen LogP contribution in [0.15, 0.2) is 11.2 Å². The van der Waals surface area contributed by atoms with Crippen molar-refractivity contribution in [3.63, 3.8) is 0 Å². The maximum Gasteiger partial charge on any atom is 0.254 e. The quantitative estimate of drug-likeness (QED) is 0.450. The molecule has 0 aromatic heterocycles. The van der Waals surface area contributed by atoms with Gasteiger partial charge in [-0.25, -0.2) is 13.6 Å². The molecule has 4 nitrogen and oxygen atoms in total. The van der Waals surface area contributed by atoms with Crippen LogP contribution in [0.4, 0.5) is 0 Å². The Labute approximate surface area is 41.1 Å². The first-order valence-corrected chi connectivity index (χ1v) is 3.15. The Balaban J connectivity index is 2.93. The van der Waals surface area contributed by atoms with E-state index in [2.05, 4.69) is 10.5 Å². The Hall–Kier alpha value is -0.550. The average molecular weight is 120 g/mol. The van der Waals surface area contributed by atoms with Gasteiger partial charge in [0.1, 0.15) is 0 Å². The zero-order valence-electron chi connectivity index (χ0n) is 3.38. The van der Waals surface area contributed by atoms with Gasteiger partial charge in [-0.2, -0.15) is 0 Å². The van der Waals surface area contributed by atoms with Gasteiger partial charge in [0.05, 0.1) is 0 Å². The van der Waals surface area contributed by atoms with Crippen molar-refractivity contribution in [2.75, 3.05) is 0 Å². The van der Waals surface area contributed by atoms with Crippen molar-refractivity contribution in [3.05, 3.63) is 11.2 Å². The largest absolute Gasteiger partial charge is 0.347 e.